The third-order valence-electron chi connectivity index (χ3n) is 6.40. The monoisotopic (exact) mass is 544 g/mol. The van der Waals surface area contributed by atoms with Crippen molar-refractivity contribution in [1.82, 2.24) is 14.4 Å². The molecule has 1 aliphatic rings. The normalized spacial score (nSPS) is 17.1. The molecule has 1 atom stereocenters. The van der Waals surface area contributed by atoms with Crippen LogP contribution < -0.4 is 9.64 Å². The van der Waals surface area contributed by atoms with Crippen LogP contribution in [0.3, 0.4) is 0 Å². The zero-order valence-electron chi connectivity index (χ0n) is 20.4. The lowest BCUT2D eigenvalue weighted by Gasteiger charge is -2.23. The molecule has 6 rings (SSSR count). The van der Waals surface area contributed by atoms with Gasteiger partial charge in [-0.15, -0.1) is 0 Å². The predicted octanol–water partition coefficient (Wildman–Crippen LogP) is 5.93. The van der Waals surface area contributed by atoms with E-state index in [2.05, 4.69) is 9.97 Å². The number of nitrogens with zero attached hydrogens (tertiary/aromatic N) is 4. The van der Waals surface area contributed by atoms with Crippen LogP contribution in [0.25, 0.3) is 21.6 Å². The summed E-state index contributed by atoms with van der Waals surface area (Å²) in [7, 11) is 0. The van der Waals surface area contributed by atoms with Crippen LogP contribution in [0, 0.1) is 6.92 Å². The average Bonchev–Trinajstić information content (AvgIpc) is 3.54. The second kappa shape index (κ2) is 9.27. The number of thiazole rings is 1. The van der Waals surface area contributed by atoms with Crippen LogP contribution in [0.4, 0.5) is 5.13 Å². The molecule has 1 aliphatic heterocycles. The number of carbonyl (C=O) groups is 2. The summed E-state index contributed by atoms with van der Waals surface area (Å²) in [5.41, 5.74) is 2.65. The van der Waals surface area contributed by atoms with Gasteiger partial charge in [-0.2, -0.15) is 0 Å². The Labute approximate surface area is 226 Å². The van der Waals surface area contributed by atoms with Crippen LogP contribution >= 0.6 is 22.9 Å². The lowest BCUT2D eigenvalue weighted by molar-refractivity contribution is -0.132. The average molecular weight is 545 g/mol. The molecule has 1 N–H and O–H groups in total. The predicted molar refractivity (Wildman–Crippen MR) is 147 cm³/mol. The van der Waals surface area contributed by atoms with Crippen LogP contribution in [0.2, 0.25) is 5.02 Å². The van der Waals surface area contributed by atoms with Gasteiger partial charge in [-0.05, 0) is 61.9 Å². The Morgan fingerprint density at radius 1 is 1.11 bits per heavy atom. The van der Waals surface area contributed by atoms with E-state index in [1.165, 1.54) is 16.2 Å². The van der Waals surface area contributed by atoms with Crippen molar-refractivity contribution < 1.29 is 19.4 Å². The van der Waals surface area contributed by atoms with Crippen molar-refractivity contribution in [3.05, 3.63) is 94.4 Å². The SMILES string of the molecule is CCOc1ccc2nc(N3C(=O)C(=O)C(=C(O)c4c(C)nc5ccccn45)C3c3cccc(Cl)c3)sc2c1. The van der Waals surface area contributed by atoms with Crippen molar-refractivity contribution in [3.8, 4) is 5.75 Å². The number of hydrogen-bond acceptors (Lipinski definition) is 7. The highest BCUT2D eigenvalue weighted by atomic mass is 35.5. The molecule has 38 heavy (non-hydrogen) atoms. The van der Waals surface area contributed by atoms with Gasteiger partial charge >= 0.3 is 5.91 Å². The number of halogens is 1. The highest BCUT2D eigenvalue weighted by Crippen LogP contribution is 2.45. The molecule has 2 aromatic carbocycles. The summed E-state index contributed by atoms with van der Waals surface area (Å²) >= 11 is 7.59. The quantitative estimate of drug-likeness (QED) is 0.167. The number of pyridine rings is 1. The molecule has 8 nitrogen and oxygen atoms in total. The van der Waals surface area contributed by atoms with E-state index >= 15 is 0 Å². The maximum Gasteiger partial charge on any atom is 0.301 e. The van der Waals surface area contributed by atoms with E-state index in [0.717, 1.165) is 4.70 Å². The lowest BCUT2D eigenvalue weighted by atomic mass is 9.96. The van der Waals surface area contributed by atoms with E-state index in [-0.39, 0.29) is 11.3 Å². The van der Waals surface area contributed by atoms with Crippen LogP contribution in [0.15, 0.2) is 72.4 Å². The fourth-order valence-corrected chi connectivity index (χ4v) is 6.02. The molecule has 4 heterocycles. The lowest BCUT2D eigenvalue weighted by Crippen LogP contribution is -2.29. The Morgan fingerprint density at radius 2 is 1.95 bits per heavy atom. The topological polar surface area (TPSA) is 97.0 Å². The highest BCUT2D eigenvalue weighted by Gasteiger charge is 2.48. The number of fused-ring (bicyclic) bond motifs is 2. The van der Waals surface area contributed by atoms with E-state index in [4.69, 9.17) is 16.3 Å². The van der Waals surface area contributed by atoms with Gasteiger partial charge in [0, 0.05) is 11.2 Å². The fourth-order valence-electron chi connectivity index (χ4n) is 4.80. The van der Waals surface area contributed by atoms with Gasteiger partial charge in [0.2, 0.25) is 0 Å². The van der Waals surface area contributed by atoms with Crippen molar-refractivity contribution in [2.75, 3.05) is 11.5 Å². The second-order valence-corrected chi connectivity index (χ2v) is 10.2. The Hall–Kier alpha value is -4.21. The number of ketones is 1. The summed E-state index contributed by atoms with van der Waals surface area (Å²) < 4.78 is 8.10. The maximum atomic E-state index is 13.6. The molecule has 1 amide bonds. The smallest absolute Gasteiger partial charge is 0.301 e. The van der Waals surface area contributed by atoms with E-state index in [9.17, 15) is 14.7 Å². The van der Waals surface area contributed by atoms with Crippen LogP contribution in [0.5, 0.6) is 5.75 Å². The molecular formula is C28H21ClN4O4S. The Bertz CT molecular complexity index is 1790. The first kappa shape index (κ1) is 24.1. The first-order chi connectivity index (χ1) is 18.4. The van der Waals surface area contributed by atoms with Gasteiger partial charge in [0.05, 0.1) is 34.1 Å². The number of hydrogen-bond donors (Lipinski definition) is 1. The number of aromatic nitrogens is 3. The Morgan fingerprint density at radius 3 is 2.74 bits per heavy atom. The summed E-state index contributed by atoms with van der Waals surface area (Å²) in [6.45, 7) is 4.16. The molecule has 10 heteroatoms. The molecule has 0 aliphatic carbocycles. The van der Waals surface area contributed by atoms with Gasteiger partial charge in [-0.3, -0.25) is 18.9 Å². The third kappa shape index (κ3) is 3.82. The molecule has 0 saturated carbocycles. The van der Waals surface area contributed by atoms with Gasteiger partial charge in [-0.1, -0.05) is 41.1 Å². The van der Waals surface area contributed by atoms with Gasteiger partial charge in [-0.25, -0.2) is 9.97 Å². The largest absolute Gasteiger partial charge is 0.505 e. The van der Waals surface area contributed by atoms with E-state index in [1.807, 2.05) is 31.2 Å². The van der Waals surface area contributed by atoms with Gasteiger partial charge in [0.25, 0.3) is 5.78 Å². The molecule has 0 bridgehead atoms. The number of benzene rings is 2. The van der Waals surface area contributed by atoms with Crippen LogP contribution in [-0.4, -0.2) is 37.8 Å². The number of aryl methyl sites for hydroxylation is 1. The minimum absolute atomic E-state index is 0.0553. The van der Waals surface area contributed by atoms with Gasteiger partial charge in [0.1, 0.15) is 17.1 Å². The third-order valence-corrected chi connectivity index (χ3v) is 7.66. The molecule has 1 saturated heterocycles. The highest BCUT2D eigenvalue weighted by molar-refractivity contribution is 7.22. The molecule has 1 fully saturated rings. The zero-order chi connectivity index (χ0) is 26.6. The van der Waals surface area contributed by atoms with Crippen molar-refractivity contribution in [2.24, 2.45) is 0 Å². The number of aliphatic hydroxyl groups is 1. The molecule has 0 spiro atoms. The number of carbonyl (C=O) groups excluding carboxylic acids is 2. The molecule has 3 aromatic heterocycles. The summed E-state index contributed by atoms with van der Waals surface area (Å²) in [5.74, 6) is -1.22. The summed E-state index contributed by atoms with van der Waals surface area (Å²) in [5, 5.41) is 12.4. The standard InChI is InChI=1S/C28H21ClN4O4S/c1-3-37-18-10-11-19-20(14-18)38-28(31-19)33-24(16-7-6-8-17(29)13-16)22(26(35)27(33)36)25(34)23-15(2)30-21-9-4-5-12-32(21)23/h4-14,24,34H,3H2,1-2H3. The summed E-state index contributed by atoms with van der Waals surface area (Å²) in [4.78, 5) is 37.7. The van der Waals surface area contributed by atoms with E-state index in [0.29, 0.717) is 50.6 Å². The van der Waals surface area contributed by atoms with Crippen LogP contribution in [0.1, 0.15) is 29.9 Å². The van der Waals surface area contributed by atoms with E-state index < -0.39 is 17.7 Å². The minimum Gasteiger partial charge on any atom is -0.505 e. The maximum absolute atomic E-state index is 13.6. The molecule has 0 radical (unpaired) electrons. The molecule has 1 unspecified atom stereocenters. The van der Waals surface area contributed by atoms with Gasteiger partial charge in [0.15, 0.2) is 10.9 Å². The number of ether oxygens (including phenoxy) is 1. The zero-order valence-corrected chi connectivity index (χ0v) is 22.0. The molecule has 190 valence electrons. The van der Waals surface area contributed by atoms with Crippen molar-refractivity contribution in [2.45, 2.75) is 19.9 Å². The molecule has 5 aromatic rings. The number of amides is 1. The Balaban J connectivity index is 1.58. The number of aliphatic hydroxyl groups excluding tert-OH is 1. The minimum atomic E-state index is -0.950. The first-order valence-corrected chi connectivity index (χ1v) is 13.1. The Kier molecular flexibility index (Phi) is 5.89. The number of rotatable bonds is 5. The molecular weight excluding hydrogens is 524 g/mol. The van der Waals surface area contributed by atoms with E-state index in [1.54, 1.807) is 53.9 Å². The van der Waals surface area contributed by atoms with Crippen molar-refractivity contribution in [3.63, 3.8) is 0 Å². The number of imidazole rings is 1. The second-order valence-electron chi connectivity index (χ2n) is 8.76. The van der Waals surface area contributed by atoms with Crippen LogP contribution in [-0.2, 0) is 9.59 Å². The number of Topliss-reactive ketones (excluding diaryl/α,β-unsaturated/α-hetero) is 1. The van der Waals surface area contributed by atoms with Gasteiger partial charge < -0.3 is 9.84 Å². The van der Waals surface area contributed by atoms with Crippen molar-refractivity contribution in [1.29, 1.82) is 0 Å². The fraction of sp³-hybridized carbons (Fsp3) is 0.143. The summed E-state index contributed by atoms with van der Waals surface area (Å²) in [6.07, 6.45) is 1.75. The van der Waals surface area contributed by atoms with Crippen molar-refractivity contribution >= 4 is 61.4 Å². The number of anilines is 1. The first-order valence-electron chi connectivity index (χ1n) is 11.9. The summed E-state index contributed by atoms with van der Waals surface area (Å²) in [6, 6.07) is 16.9.